The van der Waals surface area contributed by atoms with Gasteiger partial charge in [0.25, 0.3) is 11.8 Å². The lowest BCUT2D eigenvalue weighted by Crippen LogP contribution is -2.51. The van der Waals surface area contributed by atoms with E-state index in [1.165, 1.54) is 0 Å². The van der Waals surface area contributed by atoms with Crippen molar-refractivity contribution in [1.82, 2.24) is 10.6 Å². The third-order valence-electron chi connectivity index (χ3n) is 5.01. The third-order valence-corrected chi connectivity index (χ3v) is 6.24. The van der Waals surface area contributed by atoms with Gasteiger partial charge in [0, 0.05) is 17.9 Å². The molecule has 0 radical (unpaired) electrons. The van der Waals surface area contributed by atoms with Crippen LogP contribution in [0.2, 0.25) is 4.34 Å². The molecule has 36 heavy (non-hydrogen) atoms. The van der Waals surface area contributed by atoms with E-state index in [4.69, 9.17) is 21.1 Å². The number of morpholine rings is 1. The standard InChI is InChI=1S/C24H29ClN4O6S/c1-14-11-15(5-6-17(14)29-9-10-34-13-20(29)30)27-21(31)16(12-26-23(33)35-24(2,3)4)28-22(32)18-7-8-19(25)36-18/h5-8,11,16H,9-10,12-13H2,1-4H3,(H,26,33)(H,27,31)(H,28,32)/t16-/m1/s1. The number of benzene rings is 1. The topological polar surface area (TPSA) is 126 Å². The van der Waals surface area contributed by atoms with Gasteiger partial charge in [-0.1, -0.05) is 11.6 Å². The Kier molecular flexibility index (Phi) is 8.93. The number of carbonyl (C=O) groups is 4. The minimum absolute atomic E-state index is 0.0272. The van der Waals surface area contributed by atoms with Crippen LogP contribution in [-0.2, 0) is 19.1 Å². The quantitative estimate of drug-likeness (QED) is 0.498. The van der Waals surface area contributed by atoms with E-state index in [2.05, 4.69) is 16.0 Å². The van der Waals surface area contributed by atoms with Crippen molar-refractivity contribution in [2.75, 3.05) is 36.5 Å². The fourth-order valence-electron chi connectivity index (χ4n) is 3.41. The van der Waals surface area contributed by atoms with E-state index in [-0.39, 0.29) is 19.1 Å². The summed E-state index contributed by atoms with van der Waals surface area (Å²) in [5, 5.41) is 7.91. The monoisotopic (exact) mass is 536 g/mol. The van der Waals surface area contributed by atoms with Gasteiger partial charge in [-0.15, -0.1) is 11.3 Å². The van der Waals surface area contributed by atoms with Gasteiger partial charge in [0.05, 0.1) is 22.4 Å². The van der Waals surface area contributed by atoms with Gasteiger partial charge in [-0.25, -0.2) is 4.79 Å². The zero-order chi connectivity index (χ0) is 26.5. The number of rotatable bonds is 7. The summed E-state index contributed by atoms with van der Waals surface area (Å²) in [6.07, 6.45) is -0.718. The van der Waals surface area contributed by atoms with Crippen LogP contribution in [0.25, 0.3) is 0 Å². The second kappa shape index (κ2) is 11.7. The number of aryl methyl sites for hydroxylation is 1. The average Bonchev–Trinajstić information content (AvgIpc) is 3.22. The van der Waals surface area contributed by atoms with Gasteiger partial charge in [-0.2, -0.15) is 0 Å². The number of carbonyl (C=O) groups excluding carboxylic acids is 4. The molecule has 1 aromatic heterocycles. The second-order valence-electron chi connectivity index (χ2n) is 9.10. The summed E-state index contributed by atoms with van der Waals surface area (Å²) in [5.41, 5.74) is 1.26. The van der Waals surface area contributed by atoms with Crippen molar-refractivity contribution in [3.63, 3.8) is 0 Å². The molecule has 3 N–H and O–H groups in total. The number of anilines is 2. The van der Waals surface area contributed by atoms with Gasteiger partial charge in [-0.3, -0.25) is 14.4 Å². The molecule has 194 valence electrons. The van der Waals surface area contributed by atoms with Crippen molar-refractivity contribution in [3.8, 4) is 0 Å². The summed E-state index contributed by atoms with van der Waals surface area (Å²) in [5.74, 6) is -1.18. The van der Waals surface area contributed by atoms with Crippen LogP contribution in [0.3, 0.4) is 0 Å². The first-order chi connectivity index (χ1) is 16.9. The Balaban J connectivity index is 1.72. The SMILES string of the molecule is Cc1cc(NC(=O)[C@@H](CNC(=O)OC(C)(C)C)NC(=O)c2ccc(Cl)s2)ccc1N1CCOCC1=O. The molecule has 12 heteroatoms. The molecule has 1 saturated heterocycles. The molecule has 4 amide bonds. The Hall–Kier alpha value is -3.15. The van der Waals surface area contributed by atoms with E-state index < -0.39 is 29.6 Å². The lowest BCUT2D eigenvalue weighted by molar-refractivity contribution is -0.125. The van der Waals surface area contributed by atoms with Crippen LogP contribution < -0.4 is 20.9 Å². The zero-order valence-electron chi connectivity index (χ0n) is 20.5. The summed E-state index contributed by atoms with van der Waals surface area (Å²) in [4.78, 5) is 52.1. The molecule has 1 aliphatic rings. The molecule has 0 unspecified atom stereocenters. The summed E-state index contributed by atoms with van der Waals surface area (Å²) >= 11 is 6.99. The summed E-state index contributed by atoms with van der Waals surface area (Å²) in [6.45, 7) is 7.70. The van der Waals surface area contributed by atoms with Gasteiger partial charge in [0.15, 0.2) is 0 Å². The van der Waals surface area contributed by atoms with E-state index in [9.17, 15) is 19.2 Å². The number of thiophene rings is 1. The first-order valence-corrected chi connectivity index (χ1v) is 12.4. The number of amides is 4. The average molecular weight is 537 g/mol. The highest BCUT2D eigenvalue weighted by atomic mass is 35.5. The van der Waals surface area contributed by atoms with E-state index in [1.54, 1.807) is 56.0 Å². The van der Waals surface area contributed by atoms with Gasteiger partial charge in [0.2, 0.25) is 5.91 Å². The van der Waals surface area contributed by atoms with Crippen molar-refractivity contribution < 1.29 is 28.7 Å². The first-order valence-electron chi connectivity index (χ1n) is 11.3. The number of nitrogens with zero attached hydrogens (tertiary/aromatic N) is 1. The van der Waals surface area contributed by atoms with E-state index in [0.717, 1.165) is 22.6 Å². The van der Waals surface area contributed by atoms with Crippen molar-refractivity contribution in [3.05, 3.63) is 45.1 Å². The highest BCUT2D eigenvalue weighted by Gasteiger charge is 2.26. The molecule has 3 rings (SSSR count). The molecule has 0 bridgehead atoms. The summed E-state index contributed by atoms with van der Waals surface area (Å²) in [7, 11) is 0. The Labute approximate surface area is 218 Å². The zero-order valence-corrected chi connectivity index (χ0v) is 22.0. The number of alkyl carbamates (subject to hydrolysis) is 1. The van der Waals surface area contributed by atoms with Crippen LogP contribution in [0.15, 0.2) is 30.3 Å². The van der Waals surface area contributed by atoms with Crippen molar-refractivity contribution in [1.29, 1.82) is 0 Å². The molecule has 0 saturated carbocycles. The maximum Gasteiger partial charge on any atom is 0.407 e. The van der Waals surface area contributed by atoms with Gasteiger partial charge >= 0.3 is 6.09 Å². The van der Waals surface area contributed by atoms with Crippen LogP contribution in [0, 0.1) is 6.92 Å². The largest absolute Gasteiger partial charge is 0.444 e. The number of halogens is 1. The third kappa shape index (κ3) is 7.67. The minimum atomic E-state index is -1.10. The molecular formula is C24H29ClN4O6S. The highest BCUT2D eigenvalue weighted by molar-refractivity contribution is 7.18. The normalized spacial score (nSPS) is 14.7. The molecular weight excluding hydrogens is 508 g/mol. The number of ether oxygens (including phenoxy) is 2. The van der Waals surface area contributed by atoms with E-state index in [0.29, 0.717) is 28.1 Å². The van der Waals surface area contributed by atoms with Crippen LogP contribution in [0.4, 0.5) is 16.2 Å². The van der Waals surface area contributed by atoms with Gasteiger partial charge < -0.3 is 30.3 Å². The highest BCUT2D eigenvalue weighted by Crippen LogP contribution is 2.25. The molecule has 2 aromatic rings. The number of hydrogen-bond donors (Lipinski definition) is 3. The van der Waals surface area contributed by atoms with Gasteiger partial charge in [0.1, 0.15) is 18.2 Å². The fraction of sp³-hybridized carbons (Fsp3) is 0.417. The maximum absolute atomic E-state index is 13.1. The molecule has 10 nitrogen and oxygen atoms in total. The Morgan fingerprint density at radius 2 is 1.97 bits per heavy atom. The van der Waals surface area contributed by atoms with Gasteiger partial charge in [-0.05, 0) is 63.6 Å². The van der Waals surface area contributed by atoms with Crippen molar-refractivity contribution >= 4 is 58.1 Å². The van der Waals surface area contributed by atoms with Crippen molar-refractivity contribution in [2.24, 2.45) is 0 Å². The minimum Gasteiger partial charge on any atom is -0.444 e. The van der Waals surface area contributed by atoms with Crippen molar-refractivity contribution in [2.45, 2.75) is 39.3 Å². The number of hydrogen-bond acceptors (Lipinski definition) is 7. The summed E-state index contributed by atoms with van der Waals surface area (Å²) < 4.78 is 10.8. The smallest absolute Gasteiger partial charge is 0.407 e. The molecule has 1 aromatic carbocycles. The predicted octanol–water partition coefficient (Wildman–Crippen LogP) is 3.33. The van der Waals surface area contributed by atoms with E-state index >= 15 is 0 Å². The lowest BCUT2D eigenvalue weighted by Gasteiger charge is -2.28. The fourth-order valence-corrected chi connectivity index (χ4v) is 4.36. The molecule has 2 heterocycles. The van der Waals surface area contributed by atoms with Crippen LogP contribution >= 0.6 is 22.9 Å². The van der Waals surface area contributed by atoms with Crippen LogP contribution in [0.5, 0.6) is 0 Å². The molecule has 1 atom stereocenters. The van der Waals surface area contributed by atoms with E-state index in [1.807, 2.05) is 6.92 Å². The Morgan fingerprint density at radius 3 is 2.58 bits per heavy atom. The summed E-state index contributed by atoms with van der Waals surface area (Å²) in [6, 6.07) is 7.17. The molecule has 1 aliphatic heterocycles. The molecule has 1 fully saturated rings. The van der Waals surface area contributed by atoms with Crippen LogP contribution in [0.1, 0.15) is 36.0 Å². The Morgan fingerprint density at radius 1 is 1.22 bits per heavy atom. The lowest BCUT2D eigenvalue weighted by atomic mass is 10.1. The Bertz CT molecular complexity index is 1150. The maximum atomic E-state index is 13.1. The molecule has 0 aliphatic carbocycles. The predicted molar refractivity (Wildman–Crippen MR) is 138 cm³/mol. The second-order valence-corrected chi connectivity index (χ2v) is 10.8. The molecule has 0 spiro atoms. The number of nitrogens with one attached hydrogen (secondary N) is 3. The first kappa shape index (κ1) is 27.4. The van der Waals surface area contributed by atoms with Crippen LogP contribution in [-0.4, -0.2) is 61.8 Å².